The minimum Gasteiger partial charge on any atom is -0.462 e. The van der Waals surface area contributed by atoms with Gasteiger partial charge < -0.3 is 15.0 Å². The van der Waals surface area contributed by atoms with Crippen LogP contribution in [0.2, 0.25) is 0 Å². The van der Waals surface area contributed by atoms with E-state index in [1.807, 2.05) is 0 Å². The van der Waals surface area contributed by atoms with E-state index in [-0.39, 0.29) is 0 Å². The summed E-state index contributed by atoms with van der Waals surface area (Å²) >= 11 is 0. The molecule has 5 heteroatoms. The molecule has 0 spiro atoms. The number of nitrogens with one attached hydrogen (secondary N) is 1. The number of hydrogen-bond acceptors (Lipinski definition) is 5. The highest BCUT2D eigenvalue weighted by Crippen LogP contribution is 2.34. The molecule has 1 aromatic heterocycles. The number of rotatable bonds is 5. The highest BCUT2D eigenvalue weighted by Gasteiger charge is 2.26. The van der Waals surface area contributed by atoms with Gasteiger partial charge in [0.1, 0.15) is 6.61 Å². The van der Waals surface area contributed by atoms with E-state index in [1.54, 1.807) is 0 Å². The molecule has 162 valence electrons. The molecule has 2 aliphatic rings. The lowest BCUT2D eigenvalue weighted by Gasteiger charge is -2.32. The molecule has 2 aliphatic heterocycles. The average Bonchev–Trinajstić information content (AvgIpc) is 3.30. The van der Waals surface area contributed by atoms with Crippen LogP contribution in [0.25, 0.3) is 10.8 Å². The van der Waals surface area contributed by atoms with Gasteiger partial charge in [0.05, 0.1) is 17.9 Å². The number of benzene rings is 2. The molecule has 5 nitrogen and oxygen atoms in total. The Morgan fingerprint density at radius 3 is 2.77 bits per heavy atom. The van der Waals surface area contributed by atoms with Crippen LogP contribution in [0, 0.1) is 6.92 Å². The van der Waals surface area contributed by atoms with Crippen LogP contribution in [0.5, 0.6) is 6.01 Å². The molecule has 1 fully saturated rings. The van der Waals surface area contributed by atoms with Crippen molar-refractivity contribution >= 4 is 16.5 Å². The van der Waals surface area contributed by atoms with Crippen LogP contribution in [0.15, 0.2) is 36.4 Å². The molecule has 0 amide bonds. The summed E-state index contributed by atoms with van der Waals surface area (Å²) in [6, 6.07) is 14.1. The fourth-order valence-electron chi connectivity index (χ4n) is 5.03. The summed E-state index contributed by atoms with van der Waals surface area (Å²) in [6.07, 6.45) is 3.35. The van der Waals surface area contributed by atoms with Crippen molar-refractivity contribution in [2.75, 3.05) is 24.6 Å². The zero-order chi connectivity index (χ0) is 21.4. The molecule has 31 heavy (non-hydrogen) atoms. The average molecular weight is 417 g/mol. The number of anilines is 1. The van der Waals surface area contributed by atoms with Gasteiger partial charge in [-0.05, 0) is 61.2 Å². The van der Waals surface area contributed by atoms with Gasteiger partial charge in [-0.3, -0.25) is 0 Å². The maximum Gasteiger partial charge on any atom is 0.316 e. The van der Waals surface area contributed by atoms with Crippen LogP contribution in [-0.4, -0.2) is 35.7 Å². The van der Waals surface area contributed by atoms with E-state index in [0.717, 1.165) is 43.9 Å². The quantitative estimate of drug-likeness (QED) is 0.650. The number of hydrogen-bond donors (Lipinski definition) is 1. The third-order valence-corrected chi connectivity index (χ3v) is 6.63. The van der Waals surface area contributed by atoms with Gasteiger partial charge in [0.2, 0.25) is 0 Å². The molecule has 5 rings (SSSR count). The lowest BCUT2D eigenvalue weighted by Crippen LogP contribution is -2.33. The number of nitrogens with zero attached hydrogens (tertiary/aromatic N) is 3. The smallest absolute Gasteiger partial charge is 0.316 e. The molecule has 1 N–H and O–H groups in total. The van der Waals surface area contributed by atoms with E-state index in [9.17, 15) is 0 Å². The van der Waals surface area contributed by atoms with Crippen LogP contribution in [0.4, 0.5) is 5.69 Å². The first kappa shape index (κ1) is 20.3. The first-order valence-corrected chi connectivity index (χ1v) is 11.6. The van der Waals surface area contributed by atoms with Gasteiger partial charge in [-0.2, -0.15) is 9.97 Å². The third-order valence-electron chi connectivity index (χ3n) is 6.63. The molecule has 0 unspecified atom stereocenters. The fraction of sp³-hybridized carbons (Fsp3) is 0.462. The molecule has 1 atom stereocenters. The monoisotopic (exact) mass is 416 g/mol. The summed E-state index contributed by atoms with van der Waals surface area (Å²) in [4.78, 5) is 12.2. The van der Waals surface area contributed by atoms with Gasteiger partial charge in [-0.1, -0.05) is 44.2 Å². The van der Waals surface area contributed by atoms with Crippen molar-refractivity contribution in [2.24, 2.45) is 0 Å². The molecule has 0 saturated carbocycles. The van der Waals surface area contributed by atoms with E-state index in [4.69, 9.17) is 14.7 Å². The van der Waals surface area contributed by atoms with Crippen molar-refractivity contribution < 1.29 is 4.74 Å². The highest BCUT2D eigenvalue weighted by atomic mass is 16.5. The second-order valence-corrected chi connectivity index (χ2v) is 9.20. The van der Waals surface area contributed by atoms with Crippen molar-refractivity contribution in [1.82, 2.24) is 15.3 Å². The van der Waals surface area contributed by atoms with Crippen molar-refractivity contribution in [3.63, 3.8) is 0 Å². The molecule has 0 radical (unpaired) electrons. The molecular formula is C26H32N4O. The second kappa shape index (κ2) is 8.46. The minimum absolute atomic E-state index is 0.357. The predicted molar refractivity (Wildman–Crippen MR) is 126 cm³/mol. The van der Waals surface area contributed by atoms with E-state index in [2.05, 4.69) is 67.4 Å². The number of fused-ring (bicyclic) bond motifs is 2. The van der Waals surface area contributed by atoms with E-state index in [1.165, 1.54) is 34.0 Å². The molecule has 0 aliphatic carbocycles. The Bertz CT molecular complexity index is 1080. The van der Waals surface area contributed by atoms with Gasteiger partial charge in [0.15, 0.2) is 0 Å². The molecule has 1 saturated heterocycles. The summed E-state index contributed by atoms with van der Waals surface area (Å²) < 4.78 is 6.07. The minimum atomic E-state index is 0.357. The maximum absolute atomic E-state index is 6.07. The summed E-state index contributed by atoms with van der Waals surface area (Å²) in [6.45, 7) is 10.1. The first-order chi connectivity index (χ1) is 15.1. The Morgan fingerprint density at radius 2 is 2.00 bits per heavy atom. The number of aryl methyl sites for hydroxylation is 1. The largest absolute Gasteiger partial charge is 0.462 e. The maximum atomic E-state index is 6.07. The normalized spacial score (nSPS) is 18.6. The summed E-state index contributed by atoms with van der Waals surface area (Å²) in [5, 5.41) is 6.12. The van der Waals surface area contributed by atoms with Crippen LogP contribution in [-0.2, 0) is 13.0 Å². The van der Waals surface area contributed by atoms with Crippen LogP contribution in [0.3, 0.4) is 0 Å². The predicted octanol–water partition coefficient (Wildman–Crippen LogP) is 4.76. The molecular weight excluding hydrogens is 384 g/mol. The summed E-state index contributed by atoms with van der Waals surface area (Å²) in [7, 11) is 0. The van der Waals surface area contributed by atoms with Crippen LogP contribution >= 0.6 is 0 Å². The number of aromatic nitrogens is 2. The molecule has 0 bridgehead atoms. The zero-order valence-electron chi connectivity index (χ0n) is 18.8. The topological polar surface area (TPSA) is 50.3 Å². The highest BCUT2D eigenvalue weighted by molar-refractivity contribution is 5.96. The Labute approximate surface area is 184 Å². The van der Waals surface area contributed by atoms with Gasteiger partial charge in [0, 0.05) is 23.7 Å². The SMILES string of the molecule is Cc1cccc2cccc(N3CCc4c(nc(OC[C@@H]5CCCN5)nc4C(C)C)C3)c12. The van der Waals surface area contributed by atoms with E-state index < -0.39 is 0 Å². The molecule has 3 aromatic rings. The van der Waals surface area contributed by atoms with Crippen molar-refractivity contribution in [3.8, 4) is 6.01 Å². The van der Waals surface area contributed by atoms with Gasteiger partial charge >= 0.3 is 6.01 Å². The van der Waals surface area contributed by atoms with Gasteiger partial charge in [0.25, 0.3) is 0 Å². The second-order valence-electron chi connectivity index (χ2n) is 9.20. The molecule has 3 heterocycles. The lowest BCUT2D eigenvalue weighted by molar-refractivity contribution is 0.254. The third kappa shape index (κ3) is 3.99. The van der Waals surface area contributed by atoms with Crippen molar-refractivity contribution in [3.05, 3.63) is 58.9 Å². The van der Waals surface area contributed by atoms with Crippen LogP contribution < -0.4 is 15.0 Å². The Hall–Kier alpha value is -2.66. The lowest BCUT2D eigenvalue weighted by atomic mass is 9.95. The van der Waals surface area contributed by atoms with Crippen molar-refractivity contribution in [2.45, 2.75) is 58.5 Å². The summed E-state index contributed by atoms with van der Waals surface area (Å²) in [5.41, 5.74) is 6.19. The Morgan fingerprint density at radius 1 is 1.16 bits per heavy atom. The van der Waals surface area contributed by atoms with E-state index in [0.29, 0.717) is 24.6 Å². The summed E-state index contributed by atoms with van der Waals surface area (Å²) in [5.74, 6) is 0.357. The Kier molecular flexibility index (Phi) is 5.53. The standard InChI is InChI=1S/C26H32N4O/c1-17(2)25-21-12-14-30(23-11-5-9-19-8-4-7-18(3)24(19)23)15-22(21)28-26(29-25)31-16-20-10-6-13-27-20/h4-5,7-9,11,17,20,27H,6,10,12-16H2,1-3H3/t20-/m0/s1. The van der Waals surface area contributed by atoms with E-state index >= 15 is 0 Å². The Balaban J connectivity index is 1.47. The molecule has 2 aromatic carbocycles. The fourth-order valence-corrected chi connectivity index (χ4v) is 5.03. The zero-order valence-corrected chi connectivity index (χ0v) is 18.8. The first-order valence-electron chi connectivity index (χ1n) is 11.6. The van der Waals surface area contributed by atoms with Gasteiger partial charge in [-0.15, -0.1) is 0 Å². The van der Waals surface area contributed by atoms with Crippen LogP contribution in [0.1, 0.15) is 55.1 Å². The number of ether oxygens (including phenoxy) is 1. The van der Waals surface area contributed by atoms with Crippen molar-refractivity contribution in [1.29, 1.82) is 0 Å². The van der Waals surface area contributed by atoms with Gasteiger partial charge in [-0.25, -0.2) is 0 Å².